The van der Waals surface area contributed by atoms with Gasteiger partial charge in [-0.05, 0) is 0 Å². The van der Waals surface area contributed by atoms with Crippen LogP contribution in [0.25, 0.3) is 0 Å². The van der Waals surface area contributed by atoms with Crippen molar-refractivity contribution in [2.75, 3.05) is 20.1 Å². The highest BCUT2D eigenvalue weighted by Gasteiger charge is 2.23. The maximum absolute atomic E-state index is 5.52. The van der Waals surface area contributed by atoms with Crippen LogP contribution in [-0.4, -0.2) is 25.3 Å². The lowest BCUT2D eigenvalue weighted by Crippen LogP contribution is -2.28. The number of hydrogen-bond donors (Lipinski definition) is 0. The van der Waals surface area contributed by atoms with Gasteiger partial charge in [0.2, 0.25) is 0 Å². The molecule has 0 aromatic carbocycles. The van der Waals surface area contributed by atoms with Crippen molar-refractivity contribution in [3.8, 4) is 0 Å². The largest absolute Gasteiger partial charge is 0.340 e. The molecule has 0 heterocycles. The van der Waals surface area contributed by atoms with Crippen LogP contribution in [-0.2, 0) is 9.47 Å². The highest BCUT2D eigenvalue weighted by molar-refractivity contribution is 6.29. The fourth-order valence-corrected chi connectivity index (χ4v) is 0.411. The van der Waals surface area contributed by atoms with E-state index in [2.05, 4.69) is 9.47 Å². The fraction of sp³-hybridized carbons (Fsp3) is 1.00. The van der Waals surface area contributed by atoms with Crippen molar-refractivity contribution >= 4 is 23.2 Å². The van der Waals surface area contributed by atoms with E-state index in [9.17, 15) is 0 Å². The Morgan fingerprint density at radius 3 is 1.75 bits per heavy atom. The average molecular weight is 159 g/mol. The molecule has 0 N–H and O–H groups in total. The topological polar surface area (TPSA) is 18.5 Å². The Kier molecular flexibility index (Phi) is 3.73. The van der Waals surface area contributed by atoms with Crippen LogP contribution in [0.2, 0.25) is 0 Å². The SMILES string of the molecule is COC(Cl)(CCl)OC. The second kappa shape index (κ2) is 3.51. The molecule has 0 aliphatic heterocycles. The van der Waals surface area contributed by atoms with Crippen LogP contribution < -0.4 is 0 Å². The van der Waals surface area contributed by atoms with E-state index in [4.69, 9.17) is 23.2 Å². The summed E-state index contributed by atoms with van der Waals surface area (Å²) in [5.74, 6) is 0.113. The Morgan fingerprint density at radius 1 is 1.38 bits per heavy atom. The summed E-state index contributed by atoms with van der Waals surface area (Å²) in [6, 6.07) is 0. The molecule has 0 unspecified atom stereocenters. The molecule has 8 heavy (non-hydrogen) atoms. The van der Waals surface area contributed by atoms with Crippen molar-refractivity contribution in [1.29, 1.82) is 0 Å². The first-order valence-corrected chi connectivity index (χ1v) is 2.95. The van der Waals surface area contributed by atoms with Crippen LogP contribution in [0.1, 0.15) is 0 Å². The molecule has 0 bridgehead atoms. The number of ether oxygens (including phenoxy) is 2. The molecule has 0 amide bonds. The Bertz CT molecular complexity index is 54.8. The van der Waals surface area contributed by atoms with Crippen LogP contribution in [0.3, 0.4) is 0 Å². The molecule has 0 aromatic rings. The normalized spacial score (nSPS) is 12.0. The minimum absolute atomic E-state index is 0.113. The minimum Gasteiger partial charge on any atom is -0.340 e. The van der Waals surface area contributed by atoms with Gasteiger partial charge in [-0.3, -0.25) is 0 Å². The number of alkyl halides is 2. The molecule has 2 nitrogen and oxygen atoms in total. The van der Waals surface area contributed by atoms with E-state index in [1.54, 1.807) is 0 Å². The second-order valence-electron chi connectivity index (χ2n) is 1.20. The van der Waals surface area contributed by atoms with E-state index >= 15 is 0 Å². The molecule has 0 fully saturated rings. The van der Waals surface area contributed by atoms with Crippen molar-refractivity contribution < 1.29 is 9.47 Å². The molecular formula is C4H8Cl2O2. The van der Waals surface area contributed by atoms with Gasteiger partial charge in [-0.25, -0.2) is 0 Å². The summed E-state index contributed by atoms with van der Waals surface area (Å²) in [5, 5.41) is -1.14. The molecule has 0 rings (SSSR count). The van der Waals surface area contributed by atoms with Crippen LogP contribution in [0, 0.1) is 0 Å². The Hall–Kier alpha value is 0.500. The van der Waals surface area contributed by atoms with E-state index in [1.807, 2.05) is 0 Å². The Labute approximate surface area is 58.7 Å². The van der Waals surface area contributed by atoms with Crippen molar-refractivity contribution in [3.63, 3.8) is 0 Å². The van der Waals surface area contributed by atoms with Gasteiger partial charge >= 0.3 is 0 Å². The quantitative estimate of drug-likeness (QED) is 0.457. The van der Waals surface area contributed by atoms with E-state index in [1.165, 1.54) is 14.2 Å². The van der Waals surface area contributed by atoms with Gasteiger partial charge < -0.3 is 9.47 Å². The molecule has 0 aliphatic carbocycles. The Morgan fingerprint density at radius 2 is 1.75 bits per heavy atom. The van der Waals surface area contributed by atoms with Gasteiger partial charge in [0.25, 0.3) is 5.25 Å². The van der Waals surface area contributed by atoms with Gasteiger partial charge in [0.15, 0.2) is 0 Å². The highest BCUT2D eigenvalue weighted by atomic mass is 35.5. The highest BCUT2D eigenvalue weighted by Crippen LogP contribution is 2.17. The molecule has 0 saturated heterocycles. The molecule has 0 spiro atoms. The number of halogens is 2. The third kappa shape index (κ3) is 2.18. The summed E-state index contributed by atoms with van der Waals surface area (Å²) < 4.78 is 9.29. The monoisotopic (exact) mass is 158 g/mol. The zero-order chi connectivity index (χ0) is 6.62. The molecule has 0 atom stereocenters. The van der Waals surface area contributed by atoms with Crippen LogP contribution in [0.4, 0.5) is 0 Å². The van der Waals surface area contributed by atoms with Crippen molar-refractivity contribution in [3.05, 3.63) is 0 Å². The third-order valence-electron chi connectivity index (χ3n) is 0.769. The third-order valence-corrected chi connectivity index (χ3v) is 1.70. The van der Waals surface area contributed by atoms with Crippen molar-refractivity contribution in [2.45, 2.75) is 5.25 Å². The predicted molar refractivity (Wildman–Crippen MR) is 33.3 cm³/mol. The van der Waals surface area contributed by atoms with Crippen molar-refractivity contribution in [1.82, 2.24) is 0 Å². The molecule has 0 saturated carbocycles. The van der Waals surface area contributed by atoms with Crippen LogP contribution in [0.15, 0.2) is 0 Å². The van der Waals surface area contributed by atoms with E-state index in [0.717, 1.165) is 0 Å². The van der Waals surface area contributed by atoms with Gasteiger partial charge in [0, 0.05) is 14.2 Å². The molecular weight excluding hydrogens is 151 g/mol. The number of rotatable bonds is 3. The lowest BCUT2D eigenvalue weighted by atomic mass is 10.7. The summed E-state index contributed by atoms with van der Waals surface area (Å²) >= 11 is 10.8. The summed E-state index contributed by atoms with van der Waals surface area (Å²) in [4.78, 5) is 0. The summed E-state index contributed by atoms with van der Waals surface area (Å²) in [5.41, 5.74) is 0. The average Bonchev–Trinajstić information content (AvgIpc) is 1.87. The number of methoxy groups -OCH3 is 2. The smallest absolute Gasteiger partial charge is 0.261 e. The first-order chi connectivity index (χ1) is 3.68. The molecule has 0 aromatic heterocycles. The van der Waals surface area contributed by atoms with Gasteiger partial charge in [0.05, 0.1) is 5.88 Å². The van der Waals surface area contributed by atoms with Gasteiger partial charge in [-0.15, -0.1) is 11.6 Å². The molecule has 4 heteroatoms. The first kappa shape index (κ1) is 8.50. The zero-order valence-corrected chi connectivity index (χ0v) is 6.29. The maximum atomic E-state index is 5.52. The van der Waals surface area contributed by atoms with Gasteiger partial charge in [0.1, 0.15) is 0 Å². The Balaban J connectivity index is 3.58. The summed E-state index contributed by atoms with van der Waals surface area (Å²) in [6.07, 6.45) is 0. The first-order valence-electron chi connectivity index (χ1n) is 2.03. The van der Waals surface area contributed by atoms with Crippen molar-refractivity contribution in [2.24, 2.45) is 0 Å². The van der Waals surface area contributed by atoms with Crippen LogP contribution in [0.5, 0.6) is 0 Å². The zero-order valence-electron chi connectivity index (χ0n) is 4.78. The number of hydrogen-bond acceptors (Lipinski definition) is 2. The van der Waals surface area contributed by atoms with Gasteiger partial charge in [-0.2, -0.15) is 0 Å². The van der Waals surface area contributed by atoms with E-state index in [-0.39, 0.29) is 5.88 Å². The molecule has 0 radical (unpaired) electrons. The lowest BCUT2D eigenvalue weighted by Gasteiger charge is -2.19. The second-order valence-corrected chi connectivity index (χ2v) is 2.04. The molecule has 50 valence electrons. The molecule has 0 aliphatic rings. The summed E-state index contributed by atoms with van der Waals surface area (Å²) in [7, 11) is 2.86. The minimum atomic E-state index is -1.14. The fourth-order valence-electron chi connectivity index (χ4n) is 0.192. The van der Waals surface area contributed by atoms with Gasteiger partial charge in [-0.1, -0.05) is 11.6 Å². The van der Waals surface area contributed by atoms with E-state index < -0.39 is 5.25 Å². The van der Waals surface area contributed by atoms with E-state index in [0.29, 0.717) is 0 Å². The lowest BCUT2D eigenvalue weighted by molar-refractivity contribution is -0.124. The standard InChI is InChI=1S/C4H8Cl2O2/c1-7-4(6,3-5)8-2/h3H2,1-2H3. The summed E-state index contributed by atoms with van der Waals surface area (Å²) in [6.45, 7) is 0. The predicted octanol–water partition coefficient (Wildman–Crippen LogP) is 1.41. The maximum Gasteiger partial charge on any atom is 0.261 e. The van der Waals surface area contributed by atoms with Crippen LogP contribution >= 0.6 is 23.2 Å².